The predicted molar refractivity (Wildman–Crippen MR) is 165 cm³/mol. The quantitative estimate of drug-likeness (QED) is 0.108. The third-order valence-electron chi connectivity index (χ3n) is 6.43. The Bertz CT molecular complexity index is 1660. The Morgan fingerprint density at radius 1 is 0.867 bits per heavy atom. The van der Waals surface area contributed by atoms with E-state index in [9.17, 15) is 27.2 Å². The van der Waals surface area contributed by atoms with Crippen molar-refractivity contribution < 1.29 is 36.6 Å². The lowest BCUT2D eigenvalue weighted by molar-refractivity contribution is -0.155. The van der Waals surface area contributed by atoms with Crippen LogP contribution >= 0.6 is 11.3 Å². The number of thiazole rings is 1. The van der Waals surface area contributed by atoms with Crippen LogP contribution in [0.15, 0.2) is 60.9 Å². The zero-order chi connectivity index (χ0) is 33.2. The van der Waals surface area contributed by atoms with Gasteiger partial charge < -0.3 is 9.47 Å². The Morgan fingerprint density at radius 3 is 2.16 bits per heavy atom. The van der Waals surface area contributed by atoms with E-state index in [1.807, 2.05) is 12.1 Å². The summed E-state index contributed by atoms with van der Waals surface area (Å²) in [7, 11) is 0. The minimum Gasteiger partial charge on any atom is -0.460 e. The number of halogens is 4. The van der Waals surface area contributed by atoms with Crippen LogP contribution in [0.1, 0.15) is 59.1 Å². The fourth-order valence-corrected chi connectivity index (χ4v) is 5.49. The molecular weight excluding hydrogens is 610 g/mol. The van der Waals surface area contributed by atoms with Crippen LogP contribution in [0.25, 0.3) is 21.2 Å². The smallest absolute Gasteiger partial charge is 0.416 e. The summed E-state index contributed by atoms with van der Waals surface area (Å²) < 4.78 is 64.5. The zero-order valence-electron chi connectivity index (χ0n) is 25.9. The number of fused-ring (bicyclic) bond motifs is 1. The number of nitrogens with zero attached hydrogens (tertiary/aromatic N) is 3. The molecule has 4 aromatic rings. The Hall–Kier alpha value is -4.06. The molecule has 2 heterocycles. The lowest BCUT2D eigenvalue weighted by Gasteiger charge is -2.29. The van der Waals surface area contributed by atoms with Gasteiger partial charge in [-0.2, -0.15) is 17.6 Å². The maximum Gasteiger partial charge on any atom is 0.416 e. The van der Waals surface area contributed by atoms with Gasteiger partial charge in [-0.05, 0) is 88.6 Å². The molecule has 0 N–H and O–H groups in total. The SMILES string of the molecule is CC(C)(C)OC(=O)C[C@@H](Cc1ccc(C(F)(F)F)cc1)CN(C(=O)OC(C)(C)C)c1ncc(-c2ccc3cnc(F)cc3c2)s1. The average molecular weight is 646 g/mol. The highest BCUT2D eigenvalue weighted by molar-refractivity contribution is 7.19. The topological polar surface area (TPSA) is 81.6 Å². The number of amides is 1. The van der Waals surface area contributed by atoms with E-state index in [0.717, 1.165) is 23.1 Å². The van der Waals surface area contributed by atoms with E-state index in [1.165, 1.54) is 40.6 Å². The number of alkyl halides is 3. The number of anilines is 1. The summed E-state index contributed by atoms with van der Waals surface area (Å²) in [5.41, 5.74) is -1.09. The van der Waals surface area contributed by atoms with Crippen molar-refractivity contribution in [2.24, 2.45) is 5.92 Å². The summed E-state index contributed by atoms with van der Waals surface area (Å²) in [4.78, 5) is 36.7. The molecule has 1 atom stereocenters. The van der Waals surface area contributed by atoms with Gasteiger partial charge in [-0.25, -0.2) is 14.8 Å². The summed E-state index contributed by atoms with van der Waals surface area (Å²) in [6.07, 6.45) is -2.08. The highest BCUT2D eigenvalue weighted by Gasteiger charge is 2.32. The monoisotopic (exact) mass is 645 g/mol. The first-order valence-corrected chi connectivity index (χ1v) is 15.1. The molecule has 0 bridgehead atoms. The second kappa shape index (κ2) is 13.1. The minimum absolute atomic E-state index is 0.0310. The third-order valence-corrected chi connectivity index (χ3v) is 7.50. The van der Waals surface area contributed by atoms with Gasteiger partial charge in [0.15, 0.2) is 5.13 Å². The molecule has 0 fully saturated rings. The van der Waals surface area contributed by atoms with Gasteiger partial charge in [0.2, 0.25) is 5.95 Å². The standard InChI is InChI=1S/C33H35F4N3O4S/c1-31(2,3)43-28(41)14-21(13-20-7-11-25(12-8-20)33(35,36)37)19-40(30(42)44-32(4,5)6)29-39-18-26(45-29)22-9-10-23-17-38-27(34)16-24(23)15-22/h7-12,15-18,21H,13-14,19H2,1-6H3/t21-/m1/s1. The van der Waals surface area contributed by atoms with Crippen molar-refractivity contribution in [2.75, 3.05) is 11.4 Å². The van der Waals surface area contributed by atoms with E-state index < -0.39 is 46.9 Å². The number of aromatic nitrogens is 2. The number of hydrogen-bond donors (Lipinski definition) is 0. The summed E-state index contributed by atoms with van der Waals surface area (Å²) in [6.45, 7) is 10.3. The van der Waals surface area contributed by atoms with E-state index in [2.05, 4.69) is 9.97 Å². The van der Waals surface area contributed by atoms with Gasteiger partial charge in [-0.3, -0.25) is 9.69 Å². The van der Waals surface area contributed by atoms with Gasteiger partial charge in [-0.15, -0.1) is 0 Å². The van der Waals surface area contributed by atoms with Crippen LogP contribution in [0.4, 0.5) is 27.5 Å². The van der Waals surface area contributed by atoms with E-state index in [1.54, 1.807) is 53.8 Å². The molecule has 0 radical (unpaired) electrons. The lowest BCUT2D eigenvalue weighted by atomic mass is 9.95. The molecule has 0 saturated heterocycles. The number of carbonyl (C=O) groups excluding carboxylic acids is 2. The molecule has 0 unspecified atom stereocenters. The average Bonchev–Trinajstić information content (AvgIpc) is 3.39. The molecule has 0 aliphatic carbocycles. The summed E-state index contributed by atoms with van der Waals surface area (Å²) in [5.74, 6) is -1.68. The molecule has 0 saturated carbocycles. The highest BCUT2D eigenvalue weighted by Crippen LogP contribution is 2.35. The van der Waals surface area contributed by atoms with Crippen LogP contribution < -0.4 is 4.90 Å². The molecule has 7 nitrogen and oxygen atoms in total. The number of pyridine rings is 1. The summed E-state index contributed by atoms with van der Waals surface area (Å²) in [5, 5.41) is 1.70. The Kier molecular flexibility index (Phi) is 9.86. The minimum atomic E-state index is -4.49. The van der Waals surface area contributed by atoms with Crippen LogP contribution in [0.2, 0.25) is 0 Å². The van der Waals surface area contributed by atoms with Crippen molar-refractivity contribution in [3.8, 4) is 10.4 Å². The number of ether oxygens (including phenoxy) is 2. The molecule has 0 aliphatic heterocycles. The first-order chi connectivity index (χ1) is 20.9. The maximum absolute atomic E-state index is 13.8. The van der Waals surface area contributed by atoms with Gasteiger partial charge in [-0.1, -0.05) is 35.6 Å². The predicted octanol–water partition coefficient (Wildman–Crippen LogP) is 8.85. The van der Waals surface area contributed by atoms with Crippen LogP contribution in [-0.2, 0) is 26.9 Å². The van der Waals surface area contributed by atoms with Crippen LogP contribution in [-0.4, -0.2) is 39.8 Å². The van der Waals surface area contributed by atoms with E-state index in [0.29, 0.717) is 21.0 Å². The number of rotatable bonds is 8. The van der Waals surface area contributed by atoms with Crippen molar-refractivity contribution >= 4 is 39.3 Å². The summed E-state index contributed by atoms with van der Waals surface area (Å²) in [6, 6.07) is 11.5. The van der Waals surface area contributed by atoms with Gasteiger partial charge in [0.1, 0.15) is 11.2 Å². The van der Waals surface area contributed by atoms with Crippen molar-refractivity contribution in [3.05, 3.63) is 78.0 Å². The summed E-state index contributed by atoms with van der Waals surface area (Å²) >= 11 is 1.21. The molecule has 45 heavy (non-hydrogen) atoms. The second-order valence-electron chi connectivity index (χ2n) is 12.7. The molecule has 240 valence electrons. The van der Waals surface area contributed by atoms with Gasteiger partial charge in [0.25, 0.3) is 0 Å². The second-order valence-corrected chi connectivity index (χ2v) is 13.7. The molecular formula is C33H35F4N3O4S. The lowest BCUT2D eigenvalue weighted by Crippen LogP contribution is -2.41. The van der Waals surface area contributed by atoms with E-state index >= 15 is 0 Å². The number of esters is 1. The Balaban J connectivity index is 1.67. The van der Waals surface area contributed by atoms with Crippen LogP contribution in [0, 0.1) is 11.9 Å². The first-order valence-electron chi connectivity index (χ1n) is 14.3. The largest absolute Gasteiger partial charge is 0.460 e. The van der Waals surface area contributed by atoms with Gasteiger partial charge >= 0.3 is 18.2 Å². The number of hydrogen-bond acceptors (Lipinski definition) is 7. The Labute approximate surface area is 263 Å². The fourth-order valence-electron chi connectivity index (χ4n) is 4.58. The van der Waals surface area contributed by atoms with Crippen molar-refractivity contribution in [1.29, 1.82) is 0 Å². The van der Waals surface area contributed by atoms with E-state index in [-0.39, 0.29) is 19.4 Å². The highest BCUT2D eigenvalue weighted by atomic mass is 32.1. The van der Waals surface area contributed by atoms with Crippen molar-refractivity contribution in [2.45, 2.75) is 71.8 Å². The van der Waals surface area contributed by atoms with Gasteiger partial charge in [0, 0.05) is 30.4 Å². The van der Waals surface area contributed by atoms with Crippen molar-refractivity contribution in [1.82, 2.24) is 9.97 Å². The van der Waals surface area contributed by atoms with Crippen molar-refractivity contribution in [3.63, 3.8) is 0 Å². The number of benzene rings is 2. The fraction of sp³-hybridized carbons (Fsp3) is 0.394. The molecule has 1 amide bonds. The van der Waals surface area contributed by atoms with E-state index in [4.69, 9.17) is 9.47 Å². The molecule has 4 rings (SSSR count). The molecule has 2 aromatic heterocycles. The zero-order valence-corrected chi connectivity index (χ0v) is 26.7. The molecule has 0 spiro atoms. The van der Waals surface area contributed by atoms with Crippen LogP contribution in [0.5, 0.6) is 0 Å². The number of carbonyl (C=O) groups is 2. The van der Waals surface area contributed by atoms with Gasteiger partial charge in [0.05, 0.1) is 16.9 Å². The third kappa shape index (κ3) is 9.71. The molecule has 2 aromatic carbocycles. The first kappa shape index (κ1) is 33.8. The molecule has 12 heteroatoms. The van der Waals surface area contributed by atoms with Crippen LogP contribution in [0.3, 0.4) is 0 Å². The normalized spacial score (nSPS) is 13.0. The Morgan fingerprint density at radius 2 is 1.53 bits per heavy atom. The molecule has 0 aliphatic rings. The maximum atomic E-state index is 13.8.